The number of piperazine rings is 1. The fourth-order valence-corrected chi connectivity index (χ4v) is 7.38. The van der Waals surface area contributed by atoms with E-state index >= 15 is 4.39 Å². The highest BCUT2D eigenvalue weighted by Gasteiger charge is 2.47. The van der Waals surface area contributed by atoms with E-state index < -0.39 is 6.09 Å². The van der Waals surface area contributed by atoms with E-state index in [1.54, 1.807) is 20.2 Å². The van der Waals surface area contributed by atoms with E-state index in [1.807, 2.05) is 31.2 Å². The Hall–Kier alpha value is -5.41. The quantitative estimate of drug-likeness (QED) is 0.161. The Morgan fingerprint density at radius 3 is 2.60 bits per heavy atom. The topological polar surface area (TPSA) is 126 Å². The van der Waals surface area contributed by atoms with Crippen molar-refractivity contribution in [3.05, 3.63) is 70.7 Å². The summed E-state index contributed by atoms with van der Waals surface area (Å²) in [5.74, 6) is 3.67. The number of halogens is 1. The second kappa shape index (κ2) is 12.5. The van der Waals surface area contributed by atoms with Gasteiger partial charge in [-0.1, -0.05) is 18.1 Å². The number of methoxy groups -OCH3 is 1. The molecule has 0 radical (unpaired) electrons. The zero-order valence-electron chi connectivity index (χ0n) is 28.1. The van der Waals surface area contributed by atoms with Crippen LogP contribution in [0.5, 0.6) is 11.8 Å². The van der Waals surface area contributed by atoms with Crippen molar-refractivity contribution in [1.29, 1.82) is 0 Å². The number of nitrogens with zero attached hydrogens (tertiary/aromatic N) is 5. The van der Waals surface area contributed by atoms with Gasteiger partial charge in [0.1, 0.15) is 30.4 Å². The number of nitrogens with one attached hydrogen (secondary N) is 1. The smallest absolute Gasteiger partial charge is 0.407 e. The number of hydrogen-bond donors (Lipinski definition) is 2. The summed E-state index contributed by atoms with van der Waals surface area (Å²) in [6.45, 7) is 4.96. The van der Waals surface area contributed by atoms with Gasteiger partial charge in [0.2, 0.25) is 0 Å². The van der Waals surface area contributed by atoms with Crippen LogP contribution >= 0.6 is 0 Å². The number of hydrogen-bond acceptors (Lipinski definition) is 8. The van der Waals surface area contributed by atoms with Gasteiger partial charge >= 0.3 is 12.1 Å². The van der Waals surface area contributed by atoms with Gasteiger partial charge in [-0.2, -0.15) is 15.1 Å². The van der Waals surface area contributed by atoms with Gasteiger partial charge in [-0.15, -0.1) is 6.42 Å². The van der Waals surface area contributed by atoms with Crippen LogP contribution in [-0.2, 0) is 11.3 Å². The minimum absolute atomic E-state index is 0.0564. The van der Waals surface area contributed by atoms with E-state index in [0.29, 0.717) is 53.2 Å². The molecule has 1 aliphatic carbocycles. The summed E-state index contributed by atoms with van der Waals surface area (Å²) in [5, 5.41) is 18.6. The average molecular weight is 677 g/mol. The van der Waals surface area contributed by atoms with Crippen LogP contribution in [0, 0.1) is 25.1 Å². The van der Waals surface area contributed by atoms with Gasteiger partial charge in [-0.25, -0.2) is 9.18 Å². The molecule has 50 heavy (non-hydrogen) atoms. The van der Waals surface area contributed by atoms with Crippen molar-refractivity contribution >= 4 is 33.7 Å². The summed E-state index contributed by atoms with van der Waals surface area (Å²) in [4.78, 5) is 25.6. The molecule has 2 N–H and O–H groups in total. The van der Waals surface area contributed by atoms with E-state index in [0.717, 1.165) is 45.9 Å². The molecular formula is C38H37FN6O5. The summed E-state index contributed by atoms with van der Waals surface area (Å²) in [6.07, 6.45) is 8.86. The number of carboxylic acid groups (broad SMARTS) is 1. The Balaban J connectivity index is 1.38. The lowest BCUT2D eigenvalue weighted by Gasteiger charge is -2.34. The third kappa shape index (κ3) is 5.51. The van der Waals surface area contributed by atoms with E-state index in [4.69, 9.17) is 30.6 Å². The molecule has 3 atom stereocenters. The van der Waals surface area contributed by atoms with E-state index in [2.05, 4.69) is 27.1 Å². The van der Waals surface area contributed by atoms with Gasteiger partial charge in [0.25, 0.3) is 0 Å². The fraction of sp³-hybridized carbons (Fsp3) is 0.368. The molecule has 12 heteroatoms. The number of ether oxygens (including phenoxy) is 3. The summed E-state index contributed by atoms with van der Waals surface area (Å²) in [6, 6.07) is 11.1. The van der Waals surface area contributed by atoms with Crippen molar-refractivity contribution in [2.45, 2.75) is 63.8 Å². The van der Waals surface area contributed by atoms with Crippen molar-refractivity contribution in [3.8, 4) is 35.2 Å². The van der Waals surface area contributed by atoms with Crippen molar-refractivity contribution < 1.29 is 28.5 Å². The third-order valence-corrected chi connectivity index (χ3v) is 10.3. The first-order valence-corrected chi connectivity index (χ1v) is 16.8. The number of aromatic amines is 1. The largest absolute Gasteiger partial charge is 0.486 e. The summed E-state index contributed by atoms with van der Waals surface area (Å²) in [5.41, 5.74) is 5.73. The number of fused-ring (bicyclic) bond motifs is 4. The molecule has 0 spiro atoms. The van der Waals surface area contributed by atoms with Crippen LogP contribution in [0.3, 0.4) is 0 Å². The highest BCUT2D eigenvalue weighted by atomic mass is 19.1. The van der Waals surface area contributed by atoms with Crippen LogP contribution in [0.25, 0.3) is 32.9 Å². The first kappa shape index (κ1) is 31.8. The van der Waals surface area contributed by atoms with Crippen LogP contribution in [-0.4, -0.2) is 81.3 Å². The average Bonchev–Trinajstić information content (AvgIpc) is 3.51. The molecular weight excluding hydrogens is 639 g/mol. The summed E-state index contributed by atoms with van der Waals surface area (Å²) in [7, 11) is 1.61. The first-order chi connectivity index (χ1) is 24.2. The first-order valence-electron chi connectivity index (χ1n) is 16.8. The molecule has 2 bridgehead atoms. The normalized spacial score (nSPS) is 18.9. The maximum atomic E-state index is 15.7. The van der Waals surface area contributed by atoms with Gasteiger partial charge in [-0.3, -0.25) is 5.10 Å². The van der Waals surface area contributed by atoms with Crippen molar-refractivity contribution in [2.75, 3.05) is 31.7 Å². The number of carbonyl (C=O) groups is 1. The van der Waals surface area contributed by atoms with Crippen LogP contribution in [0.2, 0.25) is 0 Å². The lowest BCUT2D eigenvalue weighted by Crippen LogP contribution is -2.48. The lowest BCUT2D eigenvalue weighted by atomic mass is 9.88. The van der Waals surface area contributed by atoms with Crippen LogP contribution < -0.4 is 14.4 Å². The van der Waals surface area contributed by atoms with Crippen molar-refractivity contribution in [3.63, 3.8) is 0 Å². The zero-order chi connectivity index (χ0) is 34.7. The predicted molar refractivity (Wildman–Crippen MR) is 186 cm³/mol. The van der Waals surface area contributed by atoms with Crippen molar-refractivity contribution in [2.24, 2.45) is 0 Å². The number of likely N-dealkylation sites (tertiary alicyclic amines) is 1. The molecule has 2 saturated heterocycles. The molecule has 3 aliphatic rings. The number of amides is 1. The Kier molecular flexibility index (Phi) is 7.95. The third-order valence-electron chi connectivity index (χ3n) is 10.3. The van der Waals surface area contributed by atoms with E-state index in [-0.39, 0.29) is 49.1 Å². The molecule has 1 saturated carbocycles. The second-order valence-corrected chi connectivity index (χ2v) is 13.5. The van der Waals surface area contributed by atoms with E-state index in [9.17, 15) is 9.90 Å². The van der Waals surface area contributed by atoms with Gasteiger partial charge in [0, 0.05) is 47.7 Å². The van der Waals surface area contributed by atoms with Crippen LogP contribution in [0.1, 0.15) is 54.4 Å². The van der Waals surface area contributed by atoms with Crippen LogP contribution in [0.4, 0.5) is 15.0 Å². The predicted octanol–water partition coefficient (Wildman–Crippen LogP) is 6.41. The van der Waals surface area contributed by atoms with Gasteiger partial charge in [0.15, 0.2) is 5.75 Å². The molecule has 2 aliphatic heterocycles. The monoisotopic (exact) mass is 676 g/mol. The number of anilines is 1. The minimum atomic E-state index is -0.912. The minimum Gasteiger partial charge on any atom is -0.486 e. The number of aromatic nitrogens is 4. The Bertz CT molecular complexity index is 2180. The number of benzene rings is 3. The molecule has 0 unspecified atom stereocenters. The number of rotatable bonds is 10. The summed E-state index contributed by atoms with van der Waals surface area (Å²) >= 11 is 0. The van der Waals surface area contributed by atoms with E-state index in [1.165, 1.54) is 11.0 Å². The maximum absolute atomic E-state index is 15.7. The SMILES string of the molecule is C#Cc1ccc(COc2c(-c3c(C)c(F)cc4[nH]ncc34)c(C3CC3)cc3c(N4C[C@@H]5C[C@H]4CN5C(=O)O)nc(OC[C@H](C)OC)nc23)cc1. The Labute approximate surface area is 288 Å². The molecule has 8 rings (SSSR count). The van der Waals surface area contributed by atoms with Gasteiger partial charge in [-0.05, 0) is 80.0 Å². The molecule has 4 heterocycles. The van der Waals surface area contributed by atoms with Gasteiger partial charge in [0.05, 0.1) is 29.9 Å². The lowest BCUT2D eigenvalue weighted by molar-refractivity contribution is 0.0681. The molecule has 3 aromatic carbocycles. The molecule has 1 amide bonds. The standard InChI is InChI=1S/C38H37FN6O5/c1-5-22-6-8-23(9-7-22)19-49-35-33(32-21(3)30(39)14-31-29(32)15-40-43-31)27(24-10-11-24)13-28-34(35)41-37(50-18-20(2)48-4)42-36(28)44-16-26-12-25(44)17-45(26)38(46)47/h1,6-9,13-15,20,24-26H,10-12,16-19H2,2-4H3,(H,40,43)(H,46,47)/t20-,25-,26-/m0/s1. The second-order valence-electron chi connectivity index (χ2n) is 13.5. The molecule has 3 fully saturated rings. The van der Waals surface area contributed by atoms with Crippen molar-refractivity contribution in [1.82, 2.24) is 25.1 Å². The molecule has 5 aromatic rings. The van der Waals surface area contributed by atoms with Crippen LogP contribution in [0.15, 0.2) is 42.6 Å². The number of terminal acetylenes is 1. The highest BCUT2D eigenvalue weighted by Crippen LogP contribution is 2.53. The summed E-state index contributed by atoms with van der Waals surface area (Å²) < 4.78 is 34.1. The molecule has 2 aromatic heterocycles. The van der Waals surface area contributed by atoms with Gasteiger partial charge < -0.3 is 29.1 Å². The Morgan fingerprint density at radius 1 is 1.12 bits per heavy atom. The fourth-order valence-electron chi connectivity index (χ4n) is 7.38. The number of H-pyrrole nitrogens is 1. The Morgan fingerprint density at radius 2 is 1.92 bits per heavy atom. The zero-order valence-corrected chi connectivity index (χ0v) is 28.1. The molecule has 11 nitrogen and oxygen atoms in total. The maximum Gasteiger partial charge on any atom is 0.407 e. The molecule has 256 valence electrons. The highest BCUT2D eigenvalue weighted by molar-refractivity contribution is 6.06.